The maximum Gasteiger partial charge on any atom is 0.358 e. The van der Waals surface area contributed by atoms with Crippen LogP contribution in [0, 0.1) is 0 Å². The van der Waals surface area contributed by atoms with Crippen LogP contribution in [0.2, 0.25) is 0 Å². The Morgan fingerprint density at radius 1 is 1.32 bits per heavy atom. The first kappa shape index (κ1) is 16.0. The fourth-order valence-corrected chi connectivity index (χ4v) is 2.18. The van der Waals surface area contributed by atoms with Gasteiger partial charge in [0.15, 0.2) is 5.69 Å². The Kier molecular flexibility index (Phi) is 5.48. The molecule has 7 nitrogen and oxygen atoms in total. The molecule has 0 radical (unpaired) electrons. The van der Waals surface area contributed by atoms with Gasteiger partial charge in [-0.1, -0.05) is 11.3 Å². The largest absolute Gasteiger partial charge is 0.497 e. The van der Waals surface area contributed by atoms with E-state index in [9.17, 15) is 9.90 Å². The number of carbonyl (C=O) groups is 1. The molecule has 0 saturated heterocycles. The van der Waals surface area contributed by atoms with Crippen LogP contribution in [0.5, 0.6) is 5.75 Å². The minimum atomic E-state index is -1.07. The molecule has 0 amide bonds. The van der Waals surface area contributed by atoms with Gasteiger partial charge in [0.05, 0.1) is 18.5 Å². The summed E-state index contributed by atoms with van der Waals surface area (Å²) in [5.74, 6) is -0.397. The normalized spacial score (nSPS) is 10.6. The summed E-state index contributed by atoms with van der Waals surface area (Å²) in [6, 6.07) is 7.27. The average molecular weight is 305 g/mol. The van der Waals surface area contributed by atoms with Crippen molar-refractivity contribution in [2.45, 2.75) is 19.3 Å². The zero-order valence-corrected chi connectivity index (χ0v) is 12.7. The summed E-state index contributed by atoms with van der Waals surface area (Å²) in [5.41, 5.74) is 1.29. The summed E-state index contributed by atoms with van der Waals surface area (Å²) in [4.78, 5) is 11.3. The number of carboxylic acid groups (broad SMARTS) is 1. The van der Waals surface area contributed by atoms with Gasteiger partial charge in [0.1, 0.15) is 5.75 Å². The van der Waals surface area contributed by atoms with Gasteiger partial charge < -0.3 is 14.6 Å². The predicted molar refractivity (Wildman–Crippen MR) is 79.7 cm³/mol. The van der Waals surface area contributed by atoms with Crippen molar-refractivity contribution in [2.24, 2.45) is 0 Å². The predicted octanol–water partition coefficient (Wildman–Crippen LogP) is 1.94. The SMILES string of the molecule is COCCCCc1c(C(=O)O)nnn1-c1cccc(OC)c1. The van der Waals surface area contributed by atoms with E-state index in [-0.39, 0.29) is 5.69 Å². The molecule has 1 heterocycles. The molecule has 0 spiro atoms. The third-order valence-corrected chi connectivity index (χ3v) is 3.28. The van der Waals surface area contributed by atoms with Gasteiger partial charge >= 0.3 is 5.97 Å². The number of aromatic nitrogens is 3. The van der Waals surface area contributed by atoms with Crippen molar-refractivity contribution in [2.75, 3.05) is 20.8 Å². The number of rotatable bonds is 8. The van der Waals surface area contributed by atoms with Crippen LogP contribution in [-0.4, -0.2) is 46.9 Å². The molecule has 1 aromatic heterocycles. The fraction of sp³-hybridized carbons (Fsp3) is 0.400. The molecule has 0 aliphatic rings. The summed E-state index contributed by atoms with van der Waals surface area (Å²) >= 11 is 0. The molecular formula is C15H19N3O4. The van der Waals surface area contributed by atoms with Gasteiger partial charge in [0.2, 0.25) is 0 Å². The Morgan fingerprint density at radius 2 is 2.14 bits per heavy atom. The number of hydrogen-bond acceptors (Lipinski definition) is 5. The van der Waals surface area contributed by atoms with Crippen molar-refractivity contribution < 1.29 is 19.4 Å². The molecule has 1 aromatic carbocycles. The van der Waals surface area contributed by atoms with Gasteiger partial charge in [-0.05, 0) is 31.4 Å². The summed E-state index contributed by atoms with van der Waals surface area (Å²) in [6.45, 7) is 0.642. The number of aromatic carboxylic acids is 1. The van der Waals surface area contributed by atoms with Crippen molar-refractivity contribution >= 4 is 5.97 Å². The number of ether oxygens (including phenoxy) is 2. The molecule has 22 heavy (non-hydrogen) atoms. The highest BCUT2D eigenvalue weighted by molar-refractivity contribution is 5.86. The number of nitrogens with zero attached hydrogens (tertiary/aromatic N) is 3. The van der Waals surface area contributed by atoms with Crippen LogP contribution in [0.4, 0.5) is 0 Å². The van der Waals surface area contributed by atoms with Gasteiger partial charge in [-0.25, -0.2) is 9.48 Å². The maximum absolute atomic E-state index is 11.3. The topological polar surface area (TPSA) is 86.5 Å². The number of hydrogen-bond donors (Lipinski definition) is 1. The number of methoxy groups -OCH3 is 2. The van der Waals surface area contributed by atoms with Crippen molar-refractivity contribution in [1.29, 1.82) is 0 Å². The van der Waals surface area contributed by atoms with Crippen LogP contribution in [-0.2, 0) is 11.2 Å². The summed E-state index contributed by atoms with van der Waals surface area (Å²) in [7, 11) is 3.22. The lowest BCUT2D eigenvalue weighted by atomic mass is 10.1. The molecule has 0 aliphatic carbocycles. The maximum atomic E-state index is 11.3. The summed E-state index contributed by atoms with van der Waals surface area (Å²) in [6.07, 6.45) is 2.21. The first-order chi connectivity index (χ1) is 10.7. The van der Waals surface area contributed by atoms with Gasteiger partial charge in [0, 0.05) is 19.8 Å². The highest BCUT2D eigenvalue weighted by atomic mass is 16.5. The van der Waals surface area contributed by atoms with Crippen LogP contribution in [0.15, 0.2) is 24.3 Å². The van der Waals surface area contributed by atoms with Crippen molar-refractivity contribution in [3.63, 3.8) is 0 Å². The monoisotopic (exact) mass is 305 g/mol. The molecule has 0 saturated carbocycles. The van der Waals surface area contributed by atoms with Crippen molar-refractivity contribution in [1.82, 2.24) is 15.0 Å². The summed E-state index contributed by atoms with van der Waals surface area (Å²) in [5, 5.41) is 17.0. The van der Waals surface area contributed by atoms with Crippen LogP contribution in [0.1, 0.15) is 29.0 Å². The number of benzene rings is 1. The highest BCUT2D eigenvalue weighted by Gasteiger charge is 2.19. The first-order valence-electron chi connectivity index (χ1n) is 6.98. The smallest absolute Gasteiger partial charge is 0.358 e. The molecule has 0 aliphatic heterocycles. The zero-order chi connectivity index (χ0) is 15.9. The second kappa shape index (κ2) is 7.56. The Morgan fingerprint density at radius 3 is 2.82 bits per heavy atom. The minimum Gasteiger partial charge on any atom is -0.497 e. The molecule has 1 N–H and O–H groups in total. The molecular weight excluding hydrogens is 286 g/mol. The third kappa shape index (κ3) is 3.62. The van der Waals surface area contributed by atoms with E-state index >= 15 is 0 Å². The molecule has 0 atom stereocenters. The van der Waals surface area contributed by atoms with E-state index in [0.717, 1.165) is 18.5 Å². The van der Waals surface area contributed by atoms with Crippen LogP contribution in [0.25, 0.3) is 5.69 Å². The highest BCUT2D eigenvalue weighted by Crippen LogP contribution is 2.20. The van der Waals surface area contributed by atoms with Gasteiger partial charge in [-0.3, -0.25) is 0 Å². The minimum absolute atomic E-state index is 0.0137. The molecule has 118 valence electrons. The van der Waals surface area contributed by atoms with E-state index in [1.54, 1.807) is 25.0 Å². The molecule has 0 fully saturated rings. The van der Waals surface area contributed by atoms with Crippen LogP contribution in [0.3, 0.4) is 0 Å². The standard InChI is InChI=1S/C15H19N3O4/c1-21-9-4-3-8-13-14(15(19)20)16-17-18(13)11-6-5-7-12(10-11)22-2/h5-7,10H,3-4,8-9H2,1-2H3,(H,19,20). The second-order valence-electron chi connectivity index (χ2n) is 4.75. The van der Waals surface area contributed by atoms with Gasteiger partial charge in [-0.2, -0.15) is 0 Å². The Balaban J connectivity index is 2.31. The molecule has 0 unspecified atom stereocenters. The quantitative estimate of drug-likeness (QED) is 0.750. The lowest BCUT2D eigenvalue weighted by Crippen LogP contribution is -2.07. The molecule has 2 aromatic rings. The Hall–Kier alpha value is -2.41. The third-order valence-electron chi connectivity index (χ3n) is 3.28. The Bertz CT molecular complexity index is 639. The van der Waals surface area contributed by atoms with E-state index in [0.29, 0.717) is 24.5 Å². The van der Waals surface area contributed by atoms with Gasteiger partial charge in [-0.15, -0.1) is 5.10 Å². The van der Waals surface area contributed by atoms with E-state index in [4.69, 9.17) is 9.47 Å². The molecule has 2 rings (SSSR count). The fourth-order valence-electron chi connectivity index (χ4n) is 2.18. The first-order valence-corrected chi connectivity index (χ1v) is 6.98. The number of carboxylic acids is 1. The number of unbranched alkanes of at least 4 members (excludes halogenated alkanes) is 1. The molecule has 7 heteroatoms. The lowest BCUT2D eigenvalue weighted by molar-refractivity contribution is 0.0689. The average Bonchev–Trinajstić information content (AvgIpc) is 2.95. The lowest BCUT2D eigenvalue weighted by Gasteiger charge is -2.08. The molecule has 0 bridgehead atoms. The van der Waals surface area contributed by atoms with Crippen LogP contribution >= 0.6 is 0 Å². The van der Waals surface area contributed by atoms with E-state index in [1.807, 2.05) is 18.2 Å². The summed E-state index contributed by atoms with van der Waals surface area (Å²) < 4.78 is 11.8. The Labute approximate surface area is 128 Å². The van der Waals surface area contributed by atoms with E-state index in [2.05, 4.69) is 10.3 Å². The van der Waals surface area contributed by atoms with Crippen molar-refractivity contribution in [3.8, 4) is 11.4 Å². The van der Waals surface area contributed by atoms with Gasteiger partial charge in [0.25, 0.3) is 0 Å². The van der Waals surface area contributed by atoms with Crippen molar-refractivity contribution in [3.05, 3.63) is 35.7 Å². The van der Waals surface area contributed by atoms with Crippen LogP contribution < -0.4 is 4.74 Å². The zero-order valence-electron chi connectivity index (χ0n) is 12.7. The second-order valence-corrected chi connectivity index (χ2v) is 4.75. The van der Waals surface area contributed by atoms with E-state index < -0.39 is 5.97 Å². The van der Waals surface area contributed by atoms with E-state index in [1.165, 1.54) is 0 Å².